The predicted molar refractivity (Wildman–Crippen MR) is 54.0 cm³/mol. The molecule has 1 aromatic rings. The van der Waals surface area contributed by atoms with Crippen LogP contribution in [0, 0.1) is 5.82 Å². The summed E-state index contributed by atoms with van der Waals surface area (Å²) in [5.74, 6) is -0.171. The first-order valence-electron chi connectivity index (χ1n) is 5.36. The maximum Gasteiger partial charge on any atom is 0.123 e. The third-order valence-corrected chi connectivity index (χ3v) is 3.41. The first kappa shape index (κ1) is 9.31. The highest BCUT2D eigenvalue weighted by Gasteiger charge is 2.41. The zero-order valence-electron chi connectivity index (χ0n) is 8.50. The Morgan fingerprint density at radius 2 is 2.07 bits per heavy atom. The highest BCUT2D eigenvalue weighted by molar-refractivity contribution is 5.36. The minimum atomic E-state index is -0.171. The number of halogens is 1. The zero-order valence-corrected chi connectivity index (χ0v) is 8.50. The first-order valence-corrected chi connectivity index (χ1v) is 5.36. The van der Waals surface area contributed by atoms with Crippen molar-refractivity contribution in [1.82, 2.24) is 5.32 Å². The molecule has 2 aliphatic rings. The summed E-state index contributed by atoms with van der Waals surface area (Å²) >= 11 is 0. The van der Waals surface area contributed by atoms with Crippen LogP contribution >= 0.6 is 0 Å². The Morgan fingerprint density at radius 3 is 2.87 bits per heavy atom. The van der Waals surface area contributed by atoms with E-state index in [1.807, 2.05) is 6.07 Å². The van der Waals surface area contributed by atoms with Crippen molar-refractivity contribution in [2.24, 2.45) is 0 Å². The molecule has 0 aromatic heterocycles. The fraction of sp³-hybridized carbons (Fsp3) is 0.500. The van der Waals surface area contributed by atoms with Crippen LogP contribution in [0.3, 0.4) is 0 Å². The fourth-order valence-electron chi connectivity index (χ4n) is 2.59. The minimum absolute atomic E-state index is 0.162. The molecule has 1 radical (unpaired) electrons. The number of piperidine rings is 1. The molecule has 0 atom stereocenters. The van der Waals surface area contributed by atoms with E-state index in [-0.39, 0.29) is 11.4 Å². The normalized spacial score (nSPS) is 23.0. The van der Waals surface area contributed by atoms with Gasteiger partial charge in [-0.05, 0) is 36.1 Å². The van der Waals surface area contributed by atoms with Gasteiger partial charge in [-0.15, -0.1) is 0 Å². The lowest BCUT2D eigenvalue weighted by Crippen LogP contribution is -2.36. The summed E-state index contributed by atoms with van der Waals surface area (Å²) in [5.41, 5.74) is 2.03. The molecule has 1 fully saturated rings. The fourth-order valence-corrected chi connectivity index (χ4v) is 2.59. The van der Waals surface area contributed by atoms with Gasteiger partial charge in [0.25, 0.3) is 0 Å². The number of hydrogen-bond acceptors (Lipinski definition) is 1. The number of fused-ring (bicyclic) bond motifs is 2. The molecule has 1 saturated heterocycles. The van der Waals surface area contributed by atoms with E-state index in [4.69, 9.17) is 4.74 Å². The van der Waals surface area contributed by atoms with Gasteiger partial charge < -0.3 is 4.74 Å². The third kappa shape index (κ3) is 1.38. The monoisotopic (exact) mass is 206 g/mol. The number of ether oxygens (including phenoxy) is 1. The Kier molecular flexibility index (Phi) is 2.04. The quantitative estimate of drug-likeness (QED) is 0.636. The van der Waals surface area contributed by atoms with Crippen molar-refractivity contribution in [2.45, 2.75) is 25.0 Å². The molecule has 0 amide bonds. The number of benzene rings is 1. The van der Waals surface area contributed by atoms with Crippen molar-refractivity contribution in [1.29, 1.82) is 0 Å². The predicted octanol–water partition coefficient (Wildman–Crippen LogP) is 1.95. The van der Waals surface area contributed by atoms with E-state index in [0.29, 0.717) is 6.61 Å². The van der Waals surface area contributed by atoms with E-state index in [0.717, 1.165) is 31.5 Å². The Bertz CT molecular complexity index is 385. The number of hydrogen-bond donors (Lipinski definition) is 0. The van der Waals surface area contributed by atoms with Crippen molar-refractivity contribution in [3.8, 4) is 0 Å². The van der Waals surface area contributed by atoms with Crippen LogP contribution < -0.4 is 5.32 Å². The molecule has 2 heterocycles. The van der Waals surface area contributed by atoms with Crippen molar-refractivity contribution >= 4 is 0 Å². The average Bonchev–Trinajstić information content (AvgIpc) is 2.58. The molecule has 15 heavy (non-hydrogen) atoms. The molecule has 3 heteroatoms. The van der Waals surface area contributed by atoms with Crippen LogP contribution in [-0.4, -0.2) is 13.1 Å². The van der Waals surface area contributed by atoms with Crippen LogP contribution in [0.5, 0.6) is 0 Å². The topological polar surface area (TPSA) is 23.3 Å². The lowest BCUT2D eigenvalue weighted by molar-refractivity contribution is -0.0595. The number of nitrogens with zero attached hydrogens (tertiary/aromatic N) is 1. The highest BCUT2D eigenvalue weighted by Crippen LogP contribution is 2.43. The second-order valence-corrected chi connectivity index (χ2v) is 4.26. The lowest BCUT2D eigenvalue weighted by Gasteiger charge is -2.33. The van der Waals surface area contributed by atoms with E-state index in [9.17, 15) is 4.39 Å². The van der Waals surface area contributed by atoms with Gasteiger partial charge in [0.05, 0.1) is 12.2 Å². The molecule has 1 aromatic carbocycles. The van der Waals surface area contributed by atoms with Crippen LogP contribution in [0.4, 0.5) is 4.39 Å². The van der Waals surface area contributed by atoms with Gasteiger partial charge in [-0.1, -0.05) is 6.07 Å². The largest absolute Gasteiger partial charge is 0.365 e. The van der Waals surface area contributed by atoms with Gasteiger partial charge in [0.2, 0.25) is 0 Å². The summed E-state index contributed by atoms with van der Waals surface area (Å²) in [5, 5.41) is 4.33. The molecule has 0 unspecified atom stereocenters. The first-order chi connectivity index (χ1) is 7.30. The Balaban J connectivity index is 2.03. The molecule has 3 rings (SSSR count). The summed E-state index contributed by atoms with van der Waals surface area (Å²) in [6.07, 6.45) is 1.87. The van der Waals surface area contributed by atoms with Crippen molar-refractivity contribution in [3.63, 3.8) is 0 Å². The molecule has 79 valence electrons. The average molecular weight is 206 g/mol. The third-order valence-electron chi connectivity index (χ3n) is 3.41. The molecule has 0 saturated carbocycles. The molecule has 0 aliphatic carbocycles. The molecular weight excluding hydrogens is 193 g/mol. The summed E-state index contributed by atoms with van der Waals surface area (Å²) < 4.78 is 18.9. The van der Waals surface area contributed by atoms with Crippen molar-refractivity contribution < 1.29 is 9.13 Å². The smallest absolute Gasteiger partial charge is 0.123 e. The van der Waals surface area contributed by atoms with Crippen LogP contribution in [0.15, 0.2) is 18.2 Å². The maximum atomic E-state index is 13.0. The molecule has 1 spiro atoms. The standard InChI is InChI=1S/C12H13FNO/c13-10-1-2-11-9(7-10)8-15-12(11)3-5-14-6-4-12/h1-2,7H,3-6,8H2. The Morgan fingerprint density at radius 1 is 1.27 bits per heavy atom. The van der Waals surface area contributed by atoms with E-state index in [2.05, 4.69) is 5.32 Å². The molecule has 0 N–H and O–H groups in total. The summed E-state index contributed by atoms with van der Waals surface area (Å²) in [7, 11) is 0. The van der Waals surface area contributed by atoms with Gasteiger partial charge >= 0.3 is 0 Å². The highest BCUT2D eigenvalue weighted by atomic mass is 19.1. The Hall–Kier alpha value is -0.930. The van der Waals surface area contributed by atoms with Crippen LogP contribution in [-0.2, 0) is 16.9 Å². The lowest BCUT2D eigenvalue weighted by atomic mass is 9.84. The van der Waals surface area contributed by atoms with Crippen LogP contribution in [0.2, 0.25) is 0 Å². The summed E-state index contributed by atoms with van der Waals surface area (Å²) in [4.78, 5) is 0. The van der Waals surface area contributed by atoms with Gasteiger partial charge in [0, 0.05) is 13.1 Å². The van der Waals surface area contributed by atoms with Crippen molar-refractivity contribution in [3.05, 3.63) is 35.1 Å². The second kappa shape index (κ2) is 3.29. The second-order valence-electron chi connectivity index (χ2n) is 4.26. The summed E-state index contributed by atoms with van der Waals surface area (Å²) in [6.45, 7) is 2.26. The van der Waals surface area contributed by atoms with Gasteiger partial charge in [-0.2, -0.15) is 0 Å². The molecule has 2 aliphatic heterocycles. The zero-order chi connectivity index (χ0) is 10.3. The van der Waals surface area contributed by atoms with E-state index in [1.54, 1.807) is 6.07 Å². The van der Waals surface area contributed by atoms with Crippen LogP contribution in [0.1, 0.15) is 24.0 Å². The van der Waals surface area contributed by atoms with Crippen molar-refractivity contribution in [2.75, 3.05) is 13.1 Å². The van der Waals surface area contributed by atoms with E-state index in [1.165, 1.54) is 11.6 Å². The minimum Gasteiger partial charge on any atom is -0.365 e. The SMILES string of the molecule is Fc1ccc2c(c1)COC21CC[N]CC1. The van der Waals surface area contributed by atoms with E-state index < -0.39 is 0 Å². The van der Waals surface area contributed by atoms with Crippen LogP contribution in [0.25, 0.3) is 0 Å². The van der Waals surface area contributed by atoms with E-state index >= 15 is 0 Å². The molecule has 0 bridgehead atoms. The van der Waals surface area contributed by atoms with Gasteiger partial charge in [0.1, 0.15) is 5.82 Å². The van der Waals surface area contributed by atoms with Gasteiger partial charge in [-0.25, -0.2) is 9.71 Å². The van der Waals surface area contributed by atoms with Gasteiger partial charge in [0.15, 0.2) is 0 Å². The summed E-state index contributed by atoms with van der Waals surface area (Å²) in [6, 6.07) is 5.00. The molecule has 2 nitrogen and oxygen atoms in total. The molecular formula is C12H13FNO. The number of rotatable bonds is 0. The Labute approximate surface area is 88.4 Å². The maximum absolute atomic E-state index is 13.0. The van der Waals surface area contributed by atoms with Gasteiger partial charge in [-0.3, -0.25) is 0 Å².